The number of carbonyl (C=O) groups is 3. The molecule has 0 amide bonds. The van der Waals surface area contributed by atoms with Gasteiger partial charge in [-0.25, -0.2) is 4.98 Å². The zero-order valence-electron chi connectivity index (χ0n) is 20.6. The van der Waals surface area contributed by atoms with Gasteiger partial charge >= 0.3 is 0 Å². The molecule has 0 spiro atoms. The third-order valence-corrected chi connectivity index (χ3v) is 4.78. The number of hydrogen-bond acceptors (Lipinski definition) is 9. The maximum Gasteiger partial charge on any atom is 0.297 e. The molecule has 9 nitrogen and oxygen atoms in total. The summed E-state index contributed by atoms with van der Waals surface area (Å²) in [5, 5.41) is 0. The molecule has 39 heavy (non-hydrogen) atoms. The Bertz CT molecular complexity index is 1360. The van der Waals surface area contributed by atoms with E-state index in [1.807, 2.05) is 54.6 Å². The van der Waals surface area contributed by atoms with Crippen LogP contribution in [0.25, 0.3) is 41.0 Å². The Kier molecular flexibility index (Phi) is 11.5. The summed E-state index contributed by atoms with van der Waals surface area (Å²) in [6, 6.07) is 11.2. The Morgan fingerprint density at radius 2 is 0.872 bits per heavy atom. The largest absolute Gasteiger partial charge is 0.437 e. The van der Waals surface area contributed by atoms with Crippen LogP contribution in [0.1, 0.15) is 16.7 Å². The summed E-state index contributed by atoms with van der Waals surface area (Å²) in [4.78, 5) is 44.6. The molecular weight excluding hydrogens is 498 g/mol. The molecule has 0 saturated carbocycles. The van der Waals surface area contributed by atoms with Crippen LogP contribution in [0.15, 0.2) is 104 Å². The van der Waals surface area contributed by atoms with Gasteiger partial charge in [0.05, 0.1) is 41.6 Å². The first-order valence-corrected chi connectivity index (χ1v) is 11.5. The number of carbonyl (C=O) groups excluding carboxylic acids is 3. The number of aromatic nitrogens is 3. The number of rotatable bonds is 14. The molecule has 0 N–H and O–H groups in total. The fourth-order valence-electron chi connectivity index (χ4n) is 3.16. The molecule has 0 aromatic carbocycles. The standard InChI is InChI=1S/C30H23N3O6/c34-21-37-14-4-1-7-24-10-12-31-27(17-24)29-19-26(9-3-6-16-39-23-36)20-30(33-29)28-18-25(11-13-32-28)8-2-5-15-38-22-35/h1-23H/b7-1+,8-2+,9-3+,14-4+,15-5+,16-6+. The topological polar surface area (TPSA) is 118 Å². The zero-order chi connectivity index (χ0) is 27.5. The highest BCUT2D eigenvalue weighted by atomic mass is 16.5. The van der Waals surface area contributed by atoms with Crippen LogP contribution >= 0.6 is 0 Å². The van der Waals surface area contributed by atoms with Gasteiger partial charge in [0.2, 0.25) is 0 Å². The van der Waals surface area contributed by atoms with Gasteiger partial charge in [0.25, 0.3) is 19.4 Å². The second-order valence-electron chi connectivity index (χ2n) is 7.38. The van der Waals surface area contributed by atoms with Gasteiger partial charge in [0.15, 0.2) is 0 Å². The van der Waals surface area contributed by atoms with Gasteiger partial charge < -0.3 is 14.2 Å². The molecule has 3 heterocycles. The van der Waals surface area contributed by atoms with Gasteiger partial charge in [0, 0.05) is 12.4 Å². The van der Waals surface area contributed by atoms with Crippen LogP contribution in [0.3, 0.4) is 0 Å². The molecule has 0 aliphatic rings. The minimum absolute atomic E-state index is 0.337. The molecule has 0 radical (unpaired) electrons. The Morgan fingerprint density at radius 3 is 1.28 bits per heavy atom. The van der Waals surface area contributed by atoms with E-state index in [2.05, 4.69) is 24.2 Å². The van der Waals surface area contributed by atoms with Gasteiger partial charge in [0.1, 0.15) is 0 Å². The molecule has 0 fully saturated rings. The molecule has 0 saturated heterocycles. The van der Waals surface area contributed by atoms with Crippen molar-refractivity contribution in [1.82, 2.24) is 15.0 Å². The monoisotopic (exact) mass is 521 g/mol. The average Bonchev–Trinajstić information content (AvgIpc) is 2.97. The van der Waals surface area contributed by atoms with E-state index in [1.54, 1.807) is 48.8 Å². The van der Waals surface area contributed by atoms with Crippen molar-refractivity contribution in [3.63, 3.8) is 0 Å². The van der Waals surface area contributed by atoms with Gasteiger partial charge in [-0.2, -0.15) is 0 Å². The van der Waals surface area contributed by atoms with Crippen LogP contribution in [0, 0.1) is 0 Å². The van der Waals surface area contributed by atoms with Crippen molar-refractivity contribution in [2.75, 3.05) is 0 Å². The second kappa shape index (κ2) is 16.1. The maximum atomic E-state index is 10.3. The molecule has 3 aromatic heterocycles. The van der Waals surface area contributed by atoms with Crippen LogP contribution < -0.4 is 0 Å². The number of ether oxygens (including phenoxy) is 3. The second-order valence-corrected chi connectivity index (χ2v) is 7.38. The summed E-state index contributed by atoms with van der Waals surface area (Å²) in [7, 11) is 0. The van der Waals surface area contributed by atoms with Crippen LogP contribution in [0.4, 0.5) is 0 Å². The third-order valence-electron chi connectivity index (χ3n) is 4.78. The van der Waals surface area contributed by atoms with E-state index < -0.39 is 0 Å². The Morgan fingerprint density at radius 1 is 0.487 bits per heavy atom. The Balaban J connectivity index is 1.98. The molecule has 0 atom stereocenters. The van der Waals surface area contributed by atoms with Crippen molar-refractivity contribution in [3.05, 3.63) is 121 Å². The number of nitrogens with zero attached hydrogens (tertiary/aromatic N) is 3. The number of allylic oxidation sites excluding steroid dienone is 6. The van der Waals surface area contributed by atoms with Crippen molar-refractivity contribution in [3.8, 4) is 22.8 Å². The first-order valence-electron chi connectivity index (χ1n) is 11.5. The van der Waals surface area contributed by atoms with Gasteiger partial charge in [-0.15, -0.1) is 0 Å². The summed E-state index contributed by atoms with van der Waals surface area (Å²) in [6.07, 6.45) is 22.7. The van der Waals surface area contributed by atoms with Crippen LogP contribution in [-0.4, -0.2) is 34.4 Å². The van der Waals surface area contributed by atoms with Crippen molar-refractivity contribution in [2.24, 2.45) is 0 Å². The highest BCUT2D eigenvalue weighted by Crippen LogP contribution is 2.25. The Hall–Kier alpha value is -5.70. The lowest BCUT2D eigenvalue weighted by molar-refractivity contribution is -0.124. The summed E-state index contributed by atoms with van der Waals surface area (Å²) in [5.41, 5.74) is 5.06. The molecule has 194 valence electrons. The molecule has 3 aromatic rings. The predicted octanol–water partition coefficient (Wildman–Crippen LogP) is 5.31. The van der Waals surface area contributed by atoms with Gasteiger partial charge in [-0.1, -0.05) is 36.5 Å². The highest BCUT2D eigenvalue weighted by molar-refractivity contribution is 5.71. The SMILES string of the molecule is O=CO/C=C/C=C/c1ccnc(-c2cc(/C=C/C=C/OC=O)cc(-c3cc(/C=C/C=C/OC=O)ccn3)n2)c1. The average molecular weight is 522 g/mol. The fourth-order valence-corrected chi connectivity index (χ4v) is 3.16. The summed E-state index contributed by atoms with van der Waals surface area (Å²) < 4.78 is 13.6. The van der Waals surface area contributed by atoms with E-state index in [0.29, 0.717) is 42.2 Å². The molecule has 3 rings (SSSR count). The predicted molar refractivity (Wildman–Crippen MR) is 147 cm³/mol. The van der Waals surface area contributed by atoms with Crippen LogP contribution in [-0.2, 0) is 28.6 Å². The van der Waals surface area contributed by atoms with E-state index in [4.69, 9.17) is 4.98 Å². The number of hydrogen-bond donors (Lipinski definition) is 0. The third kappa shape index (κ3) is 9.70. The highest BCUT2D eigenvalue weighted by Gasteiger charge is 2.09. The van der Waals surface area contributed by atoms with Gasteiger partial charge in [-0.3, -0.25) is 24.4 Å². The first-order chi connectivity index (χ1) is 19.2. The van der Waals surface area contributed by atoms with Crippen molar-refractivity contribution in [1.29, 1.82) is 0 Å². The van der Waals surface area contributed by atoms with Crippen LogP contribution in [0.2, 0.25) is 0 Å². The molecule has 0 bridgehead atoms. The molecule has 9 heteroatoms. The smallest absolute Gasteiger partial charge is 0.297 e. The van der Waals surface area contributed by atoms with E-state index in [0.717, 1.165) is 16.7 Å². The van der Waals surface area contributed by atoms with E-state index in [1.165, 1.54) is 18.8 Å². The summed E-state index contributed by atoms with van der Waals surface area (Å²) >= 11 is 0. The van der Waals surface area contributed by atoms with Gasteiger partial charge in [-0.05, 0) is 71.3 Å². The lowest BCUT2D eigenvalue weighted by atomic mass is 10.1. The minimum Gasteiger partial charge on any atom is -0.437 e. The van der Waals surface area contributed by atoms with E-state index in [9.17, 15) is 14.4 Å². The molecule has 0 unspecified atom stereocenters. The lowest BCUT2D eigenvalue weighted by Crippen LogP contribution is -1.94. The first kappa shape index (κ1) is 27.9. The number of pyridine rings is 3. The maximum absolute atomic E-state index is 10.3. The fraction of sp³-hybridized carbons (Fsp3) is 0. The quantitative estimate of drug-likeness (QED) is 0.120. The Labute approximate surface area is 224 Å². The van der Waals surface area contributed by atoms with E-state index >= 15 is 0 Å². The zero-order valence-corrected chi connectivity index (χ0v) is 20.6. The summed E-state index contributed by atoms with van der Waals surface area (Å²) in [5.74, 6) is 0. The van der Waals surface area contributed by atoms with E-state index in [-0.39, 0.29) is 0 Å². The van der Waals surface area contributed by atoms with Crippen LogP contribution in [0.5, 0.6) is 0 Å². The van der Waals surface area contributed by atoms with Crippen molar-refractivity contribution < 1.29 is 28.6 Å². The van der Waals surface area contributed by atoms with Crippen molar-refractivity contribution in [2.45, 2.75) is 0 Å². The molecule has 0 aliphatic heterocycles. The summed E-state index contributed by atoms with van der Waals surface area (Å²) in [6.45, 7) is 1.02. The minimum atomic E-state index is 0.337. The molecule has 0 aliphatic carbocycles. The lowest BCUT2D eigenvalue weighted by Gasteiger charge is -2.08. The van der Waals surface area contributed by atoms with Crippen molar-refractivity contribution >= 4 is 37.6 Å². The normalized spacial score (nSPS) is 11.8. The molecular formula is C30H23N3O6.